The molecule has 0 aliphatic carbocycles. The van der Waals surface area contributed by atoms with Crippen LogP contribution in [0.1, 0.15) is 38.1 Å². The fraction of sp³-hybridized carbons (Fsp3) is 0.462. The highest BCUT2D eigenvalue weighted by atomic mass is 79.9. The Morgan fingerprint density at radius 2 is 2.14 bits per heavy atom. The zero-order chi connectivity index (χ0) is 15.9. The summed E-state index contributed by atoms with van der Waals surface area (Å²) in [5.41, 5.74) is 0.699. The second-order valence-corrected chi connectivity index (χ2v) is 6.76. The van der Waals surface area contributed by atoms with Crippen LogP contribution in [0.5, 0.6) is 0 Å². The number of aliphatic carboxylic acids is 1. The monoisotopic (exact) mass is 375 g/mol. The van der Waals surface area contributed by atoms with Gasteiger partial charge in [-0.15, -0.1) is 0 Å². The van der Waals surface area contributed by atoms with E-state index in [9.17, 15) is 9.90 Å². The molecule has 1 N–H and O–H groups in total. The number of aromatic nitrogens is 3. The van der Waals surface area contributed by atoms with Gasteiger partial charge in [-0.1, -0.05) is 11.6 Å². The maximum atomic E-state index is 11.6. The van der Waals surface area contributed by atoms with Gasteiger partial charge >= 0.3 is 5.97 Å². The smallest absolute Gasteiger partial charge is 0.337 e. The molecule has 2 aromatic rings. The van der Waals surface area contributed by atoms with Crippen LogP contribution in [-0.2, 0) is 9.53 Å². The summed E-state index contributed by atoms with van der Waals surface area (Å²) >= 11 is 9.57. The van der Waals surface area contributed by atoms with E-state index in [1.165, 1.54) is 4.52 Å². The first-order valence-electron chi connectivity index (χ1n) is 6.22. The quantitative estimate of drug-likeness (QED) is 0.831. The normalized spacial score (nSPS) is 13.6. The third kappa shape index (κ3) is 3.36. The van der Waals surface area contributed by atoms with Crippen molar-refractivity contribution in [3.63, 3.8) is 0 Å². The third-order valence-electron chi connectivity index (χ3n) is 2.70. The summed E-state index contributed by atoms with van der Waals surface area (Å²) in [7, 11) is 0. The van der Waals surface area contributed by atoms with Gasteiger partial charge in [-0.3, -0.25) is 0 Å². The molecule has 0 saturated heterocycles. The second kappa shape index (κ2) is 5.55. The minimum atomic E-state index is -1.21. The summed E-state index contributed by atoms with van der Waals surface area (Å²) in [6.45, 7) is 7.04. The topological polar surface area (TPSA) is 76.7 Å². The van der Waals surface area contributed by atoms with Crippen LogP contribution in [-0.4, -0.2) is 31.3 Å². The van der Waals surface area contributed by atoms with Crippen LogP contribution in [0.15, 0.2) is 10.7 Å². The molecule has 0 amide bonds. The van der Waals surface area contributed by atoms with Crippen molar-refractivity contribution in [2.24, 2.45) is 0 Å². The Kier molecular flexibility index (Phi) is 4.28. The fourth-order valence-electron chi connectivity index (χ4n) is 1.95. The number of hydrogen-bond acceptors (Lipinski definition) is 4. The van der Waals surface area contributed by atoms with E-state index in [0.29, 0.717) is 21.5 Å². The van der Waals surface area contributed by atoms with Crippen LogP contribution in [0.3, 0.4) is 0 Å². The van der Waals surface area contributed by atoms with Gasteiger partial charge in [0.1, 0.15) is 9.76 Å². The van der Waals surface area contributed by atoms with Crippen molar-refractivity contribution >= 4 is 39.1 Å². The summed E-state index contributed by atoms with van der Waals surface area (Å²) in [6.07, 6.45) is -1.21. The lowest BCUT2D eigenvalue weighted by atomic mass is 10.1. The molecule has 1 atom stereocenters. The molecular formula is C13H15BrClN3O3. The molecule has 2 aromatic heterocycles. The Morgan fingerprint density at radius 1 is 1.52 bits per heavy atom. The van der Waals surface area contributed by atoms with Gasteiger partial charge in [-0.25, -0.2) is 14.3 Å². The molecule has 114 valence electrons. The molecule has 6 nitrogen and oxygen atoms in total. The number of carbonyl (C=O) groups is 1. The molecule has 0 aliphatic rings. The largest absolute Gasteiger partial charge is 0.479 e. The van der Waals surface area contributed by atoms with Crippen LogP contribution in [0.2, 0.25) is 5.15 Å². The highest BCUT2D eigenvalue weighted by molar-refractivity contribution is 9.10. The zero-order valence-electron chi connectivity index (χ0n) is 12.0. The lowest BCUT2D eigenvalue weighted by Crippen LogP contribution is -2.28. The number of halogens is 2. The van der Waals surface area contributed by atoms with Gasteiger partial charge in [0, 0.05) is 11.8 Å². The average Bonchev–Trinajstić information content (AvgIpc) is 2.66. The van der Waals surface area contributed by atoms with Crippen LogP contribution >= 0.6 is 27.5 Å². The van der Waals surface area contributed by atoms with Gasteiger partial charge in [-0.2, -0.15) is 5.10 Å². The number of aryl methyl sites for hydroxylation is 1. The maximum absolute atomic E-state index is 11.6. The van der Waals surface area contributed by atoms with E-state index in [1.807, 2.05) is 0 Å². The average molecular weight is 377 g/mol. The highest BCUT2D eigenvalue weighted by Gasteiger charge is 2.32. The molecule has 0 aromatic carbocycles. The van der Waals surface area contributed by atoms with E-state index >= 15 is 0 Å². The third-order valence-corrected chi connectivity index (χ3v) is 3.45. The molecule has 21 heavy (non-hydrogen) atoms. The Labute approximate surface area is 135 Å². The maximum Gasteiger partial charge on any atom is 0.337 e. The van der Waals surface area contributed by atoms with Crippen molar-refractivity contribution in [2.75, 3.05) is 0 Å². The second-order valence-electron chi connectivity index (χ2n) is 5.59. The fourth-order valence-corrected chi connectivity index (χ4v) is 2.67. The molecule has 2 heterocycles. The van der Waals surface area contributed by atoms with Crippen molar-refractivity contribution in [2.45, 2.75) is 39.4 Å². The molecule has 0 fully saturated rings. The standard InChI is InChI=1S/C13H15BrClN3O3/c1-6-9(10(12(19)20)21-13(2,3)4)11(15)18-8(16-6)5-7(14)17-18/h5,10H,1-4H3,(H,19,20). The summed E-state index contributed by atoms with van der Waals surface area (Å²) in [5, 5.41) is 13.8. The number of rotatable bonds is 3. The zero-order valence-corrected chi connectivity index (χ0v) is 14.4. The molecule has 1 unspecified atom stereocenters. The molecule has 0 spiro atoms. The molecule has 0 saturated carbocycles. The van der Waals surface area contributed by atoms with E-state index in [4.69, 9.17) is 16.3 Å². The van der Waals surface area contributed by atoms with Crippen LogP contribution in [0, 0.1) is 6.92 Å². The van der Waals surface area contributed by atoms with E-state index in [1.54, 1.807) is 33.8 Å². The molecule has 2 rings (SSSR count). The number of carboxylic acid groups (broad SMARTS) is 1. The summed E-state index contributed by atoms with van der Waals surface area (Å²) in [5.74, 6) is -1.12. The number of nitrogens with zero attached hydrogens (tertiary/aromatic N) is 3. The first kappa shape index (κ1) is 16.2. The molecular weight excluding hydrogens is 362 g/mol. The van der Waals surface area contributed by atoms with Gasteiger partial charge in [0.15, 0.2) is 11.8 Å². The highest BCUT2D eigenvalue weighted by Crippen LogP contribution is 2.32. The summed E-state index contributed by atoms with van der Waals surface area (Å²) in [4.78, 5) is 15.9. The minimum absolute atomic E-state index is 0.180. The van der Waals surface area contributed by atoms with Crippen molar-refractivity contribution in [3.05, 3.63) is 27.1 Å². The number of carboxylic acids is 1. The predicted octanol–water partition coefficient (Wildman–Crippen LogP) is 3.39. The van der Waals surface area contributed by atoms with E-state index < -0.39 is 17.7 Å². The summed E-state index contributed by atoms with van der Waals surface area (Å²) in [6, 6.07) is 1.70. The Morgan fingerprint density at radius 3 is 2.67 bits per heavy atom. The van der Waals surface area contributed by atoms with E-state index in [0.717, 1.165) is 0 Å². The molecule has 0 bridgehead atoms. The van der Waals surface area contributed by atoms with E-state index in [2.05, 4.69) is 26.0 Å². The predicted molar refractivity (Wildman–Crippen MR) is 81.6 cm³/mol. The van der Waals surface area contributed by atoms with E-state index in [-0.39, 0.29) is 5.15 Å². The van der Waals surface area contributed by atoms with Crippen LogP contribution in [0.4, 0.5) is 0 Å². The number of fused-ring (bicyclic) bond motifs is 1. The molecule has 0 aliphatic heterocycles. The van der Waals surface area contributed by atoms with Crippen molar-refractivity contribution in [3.8, 4) is 0 Å². The Hall–Kier alpha value is -1.18. The van der Waals surface area contributed by atoms with Gasteiger partial charge < -0.3 is 9.84 Å². The van der Waals surface area contributed by atoms with Crippen molar-refractivity contribution < 1.29 is 14.6 Å². The van der Waals surface area contributed by atoms with Gasteiger partial charge in [0.05, 0.1) is 11.2 Å². The molecule has 0 radical (unpaired) electrons. The lowest BCUT2D eigenvalue weighted by molar-refractivity contribution is -0.160. The van der Waals surface area contributed by atoms with Gasteiger partial charge in [0.25, 0.3) is 0 Å². The lowest BCUT2D eigenvalue weighted by Gasteiger charge is -2.26. The van der Waals surface area contributed by atoms with Crippen molar-refractivity contribution in [1.82, 2.24) is 14.6 Å². The SMILES string of the molecule is Cc1nc2cc(Br)nn2c(Cl)c1C(OC(C)(C)C)C(=O)O. The minimum Gasteiger partial charge on any atom is -0.479 e. The van der Waals surface area contributed by atoms with Crippen LogP contribution < -0.4 is 0 Å². The van der Waals surface area contributed by atoms with Gasteiger partial charge in [0.2, 0.25) is 0 Å². The summed E-state index contributed by atoms with van der Waals surface area (Å²) < 4.78 is 7.58. The van der Waals surface area contributed by atoms with Crippen molar-refractivity contribution in [1.29, 1.82) is 0 Å². The number of ether oxygens (including phenoxy) is 1. The Balaban J connectivity index is 2.64. The van der Waals surface area contributed by atoms with Gasteiger partial charge in [-0.05, 0) is 43.6 Å². The Bertz CT molecular complexity index is 709. The van der Waals surface area contributed by atoms with Crippen LogP contribution in [0.25, 0.3) is 5.65 Å². The number of hydrogen-bond donors (Lipinski definition) is 1. The first-order chi connectivity index (χ1) is 9.60. The molecule has 8 heteroatoms. The first-order valence-corrected chi connectivity index (χ1v) is 7.39.